The molecule has 0 radical (unpaired) electrons. The average Bonchev–Trinajstić information content (AvgIpc) is 2.73. The number of aromatic carboxylic acids is 1. The van der Waals surface area contributed by atoms with Crippen molar-refractivity contribution < 1.29 is 24.5 Å². The van der Waals surface area contributed by atoms with Gasteiger partial charge in [0.2, 0.25) is 0 Å². The molecule has 6 heteroatoms. The summed E-state index contributed by atoms with van der Waals surface area (Å²) < 4.78 is 5.40. The molecule has 2 aromatic carbocycles. The first-order chi connectivity index (χ1) is 14.3. The maximum absolute atomic E-state index is 12.5. The molecule has 3 rings (SSSR count). The zero-order chi connectivity index (χ0) is 21.7. The highest BCUT2D eigenvalue weighted by Gasteiger charge is 2.38. The zero-order valence-electron chi connectivity index (χ0n) is 17.5. The van der Waals surface area contributed by atoms with E-state index in [1.165, 1.54) is 12.1 Å². The summed E-state index contributed by atoms with van der Waals surface area (Å²) in [5.74, 6) is -1.59. The Balaban J connectivity index is 1.79. The average molecular weight is 411 g/mol. The van der Waals surface area contributed by atoms with Gasteiger partial charge in [-0.25, -0.2) is 9.59 Å². The van der Waals surface area contributed by atoms with Crippen LogP contribution in [0.3, 0.4) is 0 Å². The summed E-state index contributed by atoms with van der Waals surface area (Å²) in [4.78, 5) is 25.9. The van der Waals surface area contributed by atoms with Gasteiger partial charge in [-0.2, -0.15) is 0 Å². The van der Waals surface area contributed by atoms with E-state index in [9.17, 15) is 19.8 Å². The molecule has 2 N–H and O–H groups in total. The molecule has 160 valence electrons. The van der Waals surface area contributed by atoms with Gasteiger partial charge in [0.05, 0.1) is 16.7 Å². The topological polar surface area (TPSA) is 87.1 Å². The quantitative estimate of drug-likeness (QED) is 0.530. The molecule has 1 atom stereocenters. The standard InChI is InChI=1S/C24H29NO5/c1-25(2)16-21(24(29)14-6-3-7-15-24)17-10-12-18(13-11-17)30-23(28)20-9-5-4-8-19(20)22(26)27/h4-5,8-13,21,29H,3,6-7,14-16H2,1-2H3,(H,26,27). The smallest absolute Gasteiger partial charge is 0.344 e. The van der Waals surface area contributed by atoms with E-state index in [1.54, 1.807) is 24.3 Å². The Morgan fingerprint density at radius 3 is 2.17 bits per heavy atom. The first-order valence-electron chi connectivity index (χ1n) is 10.3. The van der Waals surface area contributed by atoms with Crippen LogP contribution in [0.25, 0.3) is 0 Å². The number of benzene rings is 2. The molecule has 0 amide bonds. The second kappa shape index (κ2) is 9.41. The van der Waals surface area contributed by atoms with E-state index in [0.29, 0.717) is 5.75 Å². The van der Waals surface area contributed by atoms with Crippen LogP contribution in [0.2, 0.25) is 0 Å². The van der Waals surface area contributed by atoms with Gasteiger partial charge in [-0.15, -0.1) is 0 Å². The third-order valence-corrected chi connectivity index (χ3v) is 5.79. The van der Waals surface area contributed by atoms with E-state index in [-0.39, 0.29) is 17.0 Å². The van der Waals surface area contributed by atoms with Gasteiger partial charge in [0.15, 0.2) is 0 Å². The number of nitrogens with zero attached hydrogens (tertiary/aromatic N) is 1. The number of carboxylic acid groups (broad SMARTS) is 1. The fourth-order valence-corrected chi connectivity index (χ4v) is 4.24. The molecule has 6 nitrogen and oxygen atoms in total. The maximum atomic E-state index is 12.5. The van der Waals surface area contributed by atoms with Crippen LogP contribution < -0.4 is 4.74 Å². The number of esters is 1. The fourth-order valence-electron chi connectivity index (χ4n) is 4.24. The summed E-state index contributed by atoms with van der Waals surface area (Å²) in [6.45, 7) is 0.724. The maximum Gasteiger partial charge on any atom is 0.344 e. The Hall–Kier alpha value is -2.70. The molecule has 0 saturated heterocycles. The number of aliphatic hydroxyl groups is 1. The number of hydrogen-bond donors (Lipinski definition) is 2. The molecule has 0 heterocycles. The summed E-state index contributed by atoms with van der Waals surface area (Å²) in [5, 5.41) is 20.6. The monoisotopic (exact) mass is 411 g/mol. The third-order valence-electron chi connectivity index (χ3n) is 5.79. The Bertz CT molecular complexity index is 885. The van der Waals surface area contributed by atoms with Gasteiger partial charge in [-0.05, 0) is 56.8 Å². The molecule has 1 aliphatic rings. The normalized spacial score (nSPS) is 16.8. The van der Waals surface area contributed by atoms with Crippen molar-refractivity contribution in [3.8, 4) is 5.75 Å². The van der Waals surface area contributed by atoms with Crippen molar-refractivity contribution in [2.24, 2.45) is 0 Å². The minimum absolute atomic E-state index is 0.0103. The van der Waals surface area contributed by atoms with Crippen molar-refractivity contribution in [3.05, 3.63) is 65.2 Å². The molecule has 30 heavy (non-hydrogen) atoms. The summed E-state index contributed by atoms with van der Waals surface area (Å²) in [6.07, 6.45) is 4.78. The third kappa shape index (κ3) is 5.07. The lowest BCUT2D eigenvalue weighted by atomic mass is 9.72. The van der Waals surface area contributed by atoms with Gasteiger partial charge < -0.3 is 19.8 Å². The van der Waals surface area contributed by atoms with Gasteiger partial charge in [-0.3, -0.25) is 0 Å². The highest BCUT2D eigenvalue weighted by atomic mass is 16.5. The SMILES string of the molecule is CN(C)CC(c1ccc(OC(=O)c2ccccc2C(=O)O)cc1)C1(O)CCCCC1. The predicted octanol–water partition coefficient (Wildman–Crippen LogP) is 3.94. The van der Waals surface area contributed by atoms with Crippen LogP contribution in [0.5, 0.6) is 5.75 Å². The molecular formula is C24H29NO5. The molecule has 1 saturated carbocycles. The molecule has 2 aromatic rings. The largest absolute Gasteiger partial charge is 0.478 e. The van der Waals surface area contributed by atoms with E-state index in [0.717, 1.165) is 44.2 Å². The van der Waals surface area contributed by atoms with Crippen LogP contribution >= 0.6 is 0 Å². The molecule has 0 bridgehead atoms. The molecule has 0 spiro atoms. The highest BCUT2D eigenvalue weighted by Crippen LogP contribution is 2.40. The van der Waals surface area contributed by atoms with Crippen LogP contribution in [-0.2, 0) is 0 Å². The molecule has 1 fully saturated rings. The van der Waals surface area contributed by atoms with E-state index >= 15 is 0 Å². The van der Waals surface area contributed by atoms with Gasteiger partial charge in [0, 0.05) is 12.5 Å². The number of carbonyl (C=O) groups excluding carboxylic acids is 1. The Morgan fingerprint density at radius 2 is 1.60 bits per heavy atom. The fraction of sp³-hybridized carbons (Fsp3) is 0.417. The van der Waals surface area contributed by atoms with Gasteiger partial charge in [-0.1, -0.05) is 43.5 Å². The number of ether oxygens (including phenoxy) is 1. The van der Waals surface area contributed by atoms with Crippen molar-refractivity contribution in [2.75, 3.05) is 20.6 Å². The number of rotatable bonds is 7. The Morgan fingerprint density at radius 1 is 1.00 bits per heavy atom. The van der Waals surface area contributed by atoms with E-state index in [4.69, 9.17) is 4.74 Å². The van der Waals surface area contributed by atoms with Crippen molar-refractivity contribution in [2.45, 2.75) is 43.6 Å². The Labute approximate surface area is 177 Å². The van der Waals surface area contributed by atoms with Gasteiger partial charge >= 0.3 is 11.9 Å². The summed E-state index contributed by atoms with van der Waals surface area (Å²) >= 11 is 0. The van der Waals surface area contributed by atoms with Crippen molar-refractivity contribution in [1.82, 2.24) is 4.90 Å². The Kier molecular flexibility index (Phi) is 6.90. The van der Waals surface area contributed by atoms with Crippen molar-refractivity contribution in [3.63, 3.8) is 0 Å². The van der Waals surface area contributed by atoms with Crippen LogP contribution in [0.15, 0.2) is 48.5 Å². The molecule has 0 aliphatic heterocycles. The molecule has 1 unspecified atom stereocenters. The van der Waals surface area contributed by atoms with E-state index < -0.39 is 17.5 Å². The predicted molar refractivity (Wildman–Crippen MR) is 114 cm³/mol. The zero-order valence-corrected chi connectivity index (χ0v) is 17.5. The highest BCUT2D eigenvalue weighted by molar-refractivity contribution is 6.03. The van der Waals surface area contributed by atoms with Crippen LogP contribution in [0.4, 0.5) is 0 Å². The van der Waals surface area contributed by atoms with E-state index in [2.05, 4.69) is 4.90 Å². The van der Waals surface area contributed by atoms with Crippen LogP contribution in [-0.4, -0.2) is 53.3 Å². The number of likely N-dealkylation sites (N-methyl/N-ethyl adjacent to an activating group) is 1. The second-order valence-corrected chi connectivity index (χ2v) is 8.29. The van der Waals surface area contributed by atoms with Crippen molar-refractivity contribution >= 4 is 11.9 Å². The van der Waals surface area contributed by atoms with Gasteiger partial charge in [0.1, 0.15) is 5.75 Å². The molecular weight excluding hydrogens is 382 g/mol. The van der Waals surface area contributed by atoms with Gasteiger partial charge in [0.25, 0.3) is 0 Å². The minimum atomic E-state index is -1.18. The lowest BCUT2D eigenvalue weighted by Crippen LogP contribution is -2.42. The molecule has 1 aliphatic carbocycles. The first kappa shape index (κ1) is 22.0. The van der Waals surface area contributed by atoms with Crippen LogP contribution in [0, 0.1) is 0 Å². The first-order valence-corrected chi connectivity index (χ1v) is 10.3. The number of carboxylic acids is 1. The lowest BCUT2D eigenvalue weighted by molar-refractivity contribution is -0.0277. The van der Waals surface area contributed by atoms with Crippen LogP contribution in [0.1, 0.15) is 64.3 Å². The number of hydrogen-bond acceptors (Lipinski definition) is 5. The summed E-state index contributed by atoms with van der Waals surface area (Å²) in [5.41, 5.74) is 0.181. The summed E-state index contributed by atoms with van der Waals surface area (Å²) in [6, 6.07) is 13.1. The molecule has 0 aromatic heterocycles. The second-order valence-electron chi connectivity index (χ2n) is 8.29. The van der Waals surface area contributed by atoms with E-state index in [1.807, 2.05) is 26.2 Å². The number of carbonyl (C=O) groups is 2. The summed E-state index contributed by atoms with van der Waals surface area (Å²) in [7, 11) is 3.99. The van der Waals surface area contributed by atoms with Crippen molar-refractivity contribution in [1.29, 1.82) is 0 Å². The lowest BCUT2D eigenvalue weighted by Gasteiger charge is -2.40. The minimum Gasteiger partial charge on any atom is -0.478 e.